The lowest BCUT2D eigenvalue weighted by Crippen LogP contribution is -2.26. The van der Waals surface area contributed by atoms with Crippen molar-refractivity contribution in [3.8, 4) is 0 Å². The van der Waals surface area contributed by atoms with Gasteiger partial charge in [0.1, 0.15) is 0 Å². The van der Waals surface area contributed by atoms with Crippen LogP contribution < -0.4 is 5.32 Å². The van der Waals surface area contributed by atoms with Gasteiger partial charge in [0.2, 0.25) is 0 Å². The van der Waals surface area contributed by atoms with Gasteiger partial charge in [-0.1, -0.05) is 149 Å². The second kappa shape index (κ2) is 16.7. The van der Waals surface area contributed by atoms with Crippen molar-refractivity contribution in [3.63, 3.8) is 0 Å². The fourth-order valence-corrected chi connectivity index (χ4v) is 5.75. The molecule has 0 bridgehead atoms. The van der Waals surface area contributed by atoms with Crippen LogP contribution in [0.4, 0.5) is 0 Å². The predicted molar refractivity (Wildman–Crippen MR) is 173 cm³/mol. The Labute approximate surface area is 241 Å². The summed E-state index contributed by atoms with van der Waals surface area (Å²) in [6, 6.07) is 39.3. The van der Waals surface area contributed by atoms with E-state index in [9.17, 15) is 0 Å². The van der Waals surface area contributed by atoms with Gasteiger partial charge in [0.15, 0.2) is 0 Å². The summed E-state index contributed by atoms with van der Waals surface area (Å²) < 4.78 is 0. The second-order valence-corrected chi connectivity index (χ2v) is 11.2. The van der Waals surface area contributed by atoms with E-state index in [1.807, 2.05) is 0 Å². The van der Waals surface area contributed by atoms with Gasteiger partial charge in [-0.3, -0.25) is 0 Å². The molecule has 1 atom stereocenters. The SMILES string of the molecule is C=C(NC(CC)CCC)c1ccccc1Sc1ccc(C)cc1.CCCC(c1ccccc1)c1ccccc1. The maximum absolute atomic E-state index is 4.29. The van der Waals surface area contributed by atoms with E-state index in [4.69, 9.17) is 0 Å². The molecule has 0 saturated carbocycles. The molecule has 0 heterocycles. The van der Waals surface area contributed by atoms with E-state index in [0.29, 0.717) is 12.0 Å². The van der Waals surface area contributed by atoms with Crippen molar-refractivity contribution in [2.45, 2.75) is 81.5 Å². The van der Waals surface area contributed by atoms with Crippen LogP contribution in [0.5, 0.6) is 0 Å². The molecule has 0 radical (unpaired) electrons. The Bertz CT molecular complexity index is 1190. The summed E-state index contributed by atoms with van der Waals surface area (Å²) in [6.07, 6.45) is 5.93. The summed E-state index contributed by atoms with van der Waals surface area (Å²) in [4.78, 5) is 2.51. The number of nitrogens with one attached hydrogen (secondary N) is 1. The Hall–Kier alpha value is -3.23. The number of hydrogen-bond acceptors (Lipinski definition) is 2. The van der Waals surface area contributed by atoms with Crippen molar-refractivity contribution in [1.82, 2.24) is 5.32 Å². The van der Waals surface area contributed by atoms with E-state index in [2.05, 4.69) is 149 Å². The van der Waals surface area contributed by atoms with Gasteiger partial charge in [0, 0.05) is 33.0 Å². The molecule has 1 unspecified atom stereocenters. The van der Waals surface area contributed by atoms with E-state index in [1.54, 1.807) is 11.8 Å². The largest absolute Gasteiger partial charge is 0.382 e. The molecule has 1 nitrogen and oxygen atoms in total. The smallest absolute Gasteiger partial charge is 0.0354 e. The van der Waals surface area contributed by atoms with E-state index in [-0.39, 0.29) is 0 Å². The fourth-order valence-electron chi connectivity index (χ4n) is 4.77. The number of hydrogen-bond donors (Lipinski definition) is 1. The second-order valence-electron chi connectivity index (χ2n) is 10.1. The van der Waals surface area contributed by atoms with Crippen LogP contribution in [0.25, 0.3) is 5.70 Å². The van der Waals surface area contributed by atoms with Crippen molar-refractivity contribution in [3.05, 3.63) is 138 Å². The summed E-state index contributed by atoms with van der Waals surface area (Å²) in [7, 11) is 0. The van der Waals surface area contributed by atoms with Gasteiger partial charge in [0.25, 0.3) is 0 Å². The van der Waals surface area contributed by atoms with Crippen LogP contribution in [0.1, 0.15) is 81.0 Å². The molecule has 0 aliphatic rings. The summed E-state index contributed by atoms with van der Waals surface area (Å²) in [5.41, 5.74) is 6.37. The van der Waals surface area contributed by atoms with Crippen molar-refractivity contribution >= 4 is 17.5 Å². The van der Waals surface area contributed by atoms with E-state index in [1.165, 1.54) is 57.7 Å². The first-order valence-corrected chi connectivity index (χ1v) is 15.3. The highest BCUT2D eigenvalue weighted by Crippen LogP contribution is 2.33. The minimum absolute atomic E-state index is 0.505. The quantitative estimate of drug-likeness (QED) is 0.194. The lowest BCUT2D eigenvalue weighted by molar-refractivity contribution is 0.528. The normalized spacial score (nSPS) is 11.4. The maximum Gasteiger partial charge on any atom is 0.0354 e. The lowest BCUT2D eigenvalue weighted by Gasteiger charge is -2.21. The van der Waals surface area contributed by atoms with Gasteiger partial charge < -0.3 is 5.32 Å². The number of aryl methyl sites for hydroxylation is 1. The van der Waals surface area contributed by atoms with Crippen molar-refractivity contribution < 1.29 is 0 Å². The van der Waals surface area contributed by atoms with Crippen molar-refractivity contribution in [2.75, 3.05) is 0 Å². The predicted octanol–water partition coefficient (Wildman–Crippen LogP) is 10.9. The van der Waals surface area contributed by atoms with Gasteiger partial charge >= 0.3 is 0 Å². The van der Waals surface area contributed by atoms with Crippen LogP contribution in [0, 0.1) is 6.92 Å². The zero-order valence-corrected chi connectivity index (χ0v) is 25.0. The molecule has 1 N–H and O–H groups in total. The van der Waals surface area contributed by atoms with E-state index >= 15 is 0 Å². The van der Waals surface area contributed by atoms with Crippen LogP contribution in [-0.4, -0.2) is 6.04 Å². The Morgan fingerprint density at radius 2 is 1.23 bits per heavy atom. The first-order valence-electron chi connectivity index (χ1n) is 14.4. The zero-order valence-electron chi connectivity index (χ0n) is 24.2. The Balaban J connectivity index is 0.000000230. The third kappa shape index (κ3) is 9.79. The third-order valence-corrected chi connectivity index (χ3v) is 8.03. The fraction of sp³-hybridized carbons (Fsp3) is 0.297. The highest BCUT2D eigenvalue weighted by atomic mass is 32.2. The number of rotatable bonds is 12. The van der Waals surface area contributed by atoms with Crippen molar-refractivity contribution in [2.24, 2.45) is 0 Å². The van der Waals surface area contributed by atoms with Crippen LogP contribution in [-0.2, 0) is 0 Å². The minimum atomic E-state index is 0.505. The molecule has 204 valence electrons. The molecule has 4 aromatic carbocycles. The van der Waals surface area contributed by atoms with Gasteiger partial charge in [0.05, 0.1) is 0 Å². The molecule has 0 aromatic heterocycles. The van der Waals surface area contributed by atoms with Gasteiger partial charge in [-0.25, -0.2) is 0 Å². The average Bonchev–Trinajstić information content (AvgIpc) is 2.98. The zero-order chi connectivity index (χ0) is 27.9. The Kier molecular flexibility index (Phi) is 13.0. The molecule has 0 saturated heterocycles. The van der Waals surface area contributed by atoms with Gasteiger partial charge in [-0.2, -0.15) is 0 Å². The Morgan fingerprint density at radius 1 is 0.692 bits per heavy atom. The van der Waals surface area contributed by atoms with Gasteiger partial charge in [-0.05, 0) is 55.5 Å². The van der Waals surface area contributed by atoms with Crippen LogP contribution >= 0.6 is 11.8 Å². The molecule has 0 amide bonds. The minimum Gasteiger partial charge on any atom is -0.382 e. The molecular formula is C37H45NS. The summed E-state index contributed by atoms with van der Waals surface area (Å²) in [5, 5.41) is 3.61. The molecule has 0 aliphatic heterocycles. The highest BCUT2D eigenvalue weighted by Gasteiger charge is 2.12. The summed E-state index contributed by atoms with van der Waals surface area (Å²) in [5.74, 6) is 0.549. The van der Waals surface area contributed by atoms with Crippen LogP contribution in [0.2, 0.25) is 0 Å². The number of benzene rings is 4. The maximum atomic E-state index is 4.29. The average molecular weight is 536 g/mol. The molecule has 4 aromatic rings. The van der Waals surface area contributed by atoms with E-state index < -0.39 is 0 Å². The van der Waals surface area contributed by atoms with Crippen molar-refractivity contribution in [1.29, 1.82) is 0 Å². The molecule has 4 rings (SSSR count). The molecule has 2 heteroatoms. The van der Waals surface area contributed by atoms with Crippen LogP contribution in [0.3, 0.4) is 0 Å². The standard InChI is InChI=1S/C21H27NS.C16H18/c1-5-9-18(6-2)22-17(4)20-10-7-8-11-21(20)23-19-14-12-16(3)13-15-19;1-2-9-16(14-10-5-3-6-11-14)15-12-7-4-8-13-15/h7-8,10-15,18,22H,4-6,9H2,1-3H3;3-8,10-13,16H,2,9H2,1H3. The van der Waals surface area contributed by atoms with E-state index in [0.717, 1.165) is 12.1 Å². The molecule has 0 spiro atoms. The topological polar surface area (TPSA) is 12.0 Å². The molecule has 0 aliphatic carbocycles. The summed E-state index contributed by atoms with van der Waals surface area (Å²) in [6.45, 7) is 13.1. The third-order valence-electron chi connectivity index (χ3n) is 6.95. The molecule has 0 fully saturated rings. The first kappa shape index (κ1) is 30.3. The lowest BCUT2D eigenvalue weighted by atomic mass is 9.88. The van der Waals surface area contributed by atoms with Gasteiger partial charge in [-0.15, -0.1) is 0 Å². The Morgan fingerprint density at radius 3 is 1.77 bits per heavy atom. The summed E-state index contributed by atoms with van der Waals surface area (Å²) >= 11 is 1.80. The monoisotopic (exact) mass is 535 g/mol. The first-order chi connectivity index (χ1) is 19.0. The van der Waals surface area contributed by atoms with Crippen LogP contribution in [0.15, 0.2) is 126 Å². The molecular weight excluding hydrogens is 490 g/mol. The molecule has 39 heavy (non-hydrogen) atoms. The highest BCUT2D eigenvalue weighted by molar-refractivity contribution is 7.99.